The number of esters is 1. The lowest BCUT2D eigenvalue weighted by molar-refractivity contribution is -0.145. The molecule has 1 atom stereocenters. The topological polar surface area (TPSA) is 64.6 Å². The van der Waals surface area contributed by atoms with Crippen LogP contribution in [0.3, 0.4) is 0 Å². The molecular weight excluding hydrogens is 258 g/mol. The molecule has 0 spiro atoms. The van der Waals surface area contributed by atoms with E-state index in [2.05, 4.69) is 12.2 Å². The van der Waals surface area contributed by atoms with Crippen LogP contribution in [0.2, 0.25) is 0 Å². The van der Waals surface area contributed by atoms with Crippen LogP contribution in [0, 0.1) is 5.41 Å². The molecule has 0 unspecified atom stereocenters. The van der Waals surface area contributed by atoms with Crippen molar-refractivity contribution < 1.29 is 19.1 Å². The van der Waals surface area contributed by atoms with Crippen LogP contribution in [0.1, 0.15) is 60.3 Å². The van der Waals surface area contributed by atoms with E-state index in [0.29, 0.717) is 18.4 Å². The number of hydrogen-bond acceptors (Lipinski definition) is 4. The second-order valence-corrected chi connectivity index (χ2v) is 6.80. The monoisotopic (exact) mass is 285 g/mol. The van der Waals surface area contributed by atoms with Crippen LogP contribution >= 0.6 is 0 Å². The lowest BCUT2D eigenvalue weighted by atomic mass is 9.99. The zero-order valence-corrected chi connectivity index (χ0v) is 13.2. The minimum Gasteiger partial charge on any atom is -0.464 e. The molecule has 0 saturated heterocycles. The smallest absolute Gasteiger partial charge is 0.408 e. The summed E-state index contributed by atoms with van der Waals surface area (Å²) in [6, 6.07) is -0.623. The number of hydrogen-bond donors (Lipinski definition) is 1. The van der Waals surface area contributed by atoms with Gasteiger partial charge in [-0.2, -0.15) is 0 Å². The minimum atomic E-state index is -0.623. The molecule has 5 heteroatoms. The van der Waals surface area contributed by atoms with E-state index in [9.17, 15) is 9.59 Å². The first-order valence-electron chi connectivity index (χ1n) is 7.31. The van der Waals surface area contributed by atoms with E-state index >= 15 is 0 Å². The molecule has 1 fully saturated rings. The Morgan fingerprint density at radius 3 is 2.35 bits per heavy atom. The van der Waals surface area contributed by atoms with Gasteiger partial charge in [-0.05, 0) is 58.8 Å². The molecule has 0 aromatic carbocycles. The van der Waals surface area contributed by atoms with Gasteiger partial charge in [-0.25, -0.2) is 9.59 Å². The van der Waals surface area contributed by atoms with Crippen LogP contribution in [0.15, 0.2) is 0 Å². The summed E-state index contributed by atoms with van der Waals surface area (Å²) < 4.78 is 10.2. The number of alkyl carbamates (subject to hydrolysis) is 1. The maximum atomic E-state index is 11.9. The summed E-state index contributed by atoms with van der Waals surface area (Å²) >= 11 is 0. The average molecular weight is 285 g/mol. The summed E-state index contributed by atoms with van der Waals surface area (Å²) in [5, 5.41) is 2.62. The number of ether oxygens (including phenoxy) is 2. The van der Waals surface area contributed by atoms with E-state index in [1.807, 2.05) is 0 Å². The van der Waals surface area contributed by atoms with Crippen molar-refractivity contribution in [1.29, 1.82) is 0 Å². The lowest BCUT2D eigenvalue weighted by Gasteiger charge is -2.23. The van der Waals surface area contributed by atoms with Gasteiger partial charge in [0, 0.05) is 0 Å². The first-order valence-corrected chi connectivity index (χ1v) is 7.31. The van der Waals surface area contributed by atoms with Crippen molar-refractivity contribution in [2.45, 2.75) is 71.9 Å². The van der Waals surface area contributed by atoms with E-state index < -0.39 is 17.7 Å². The molecule has 1 N–H and O–H groups in total. The molecule has 1 saturated carbocycles. The van der Waals surface area contributed by atoms with Crippen LogP contribution in [0.25, 0.3) is 0 Å². The molecule has 0 aromatic heterocycles. The molecule has 0 radical (unpaired) electrons. The summed E-state index contributed by atoms with van der Waals surface area (Å²) in [6.07, 6.45) is 3.31. The van der Waals surface area contributed by atoms with Gasteiger partial charge >= 0.3 is 12.1 Å². The zero-order chi connectivity index (χ0) is 15.4. The highest BCUT2D eigenvalue weighted by Crippen LogP contribution is 2.49. The number of amides is 1. The van der Waals surface area contributed by atoms with Crippen molar-refractivity contribution in [1.82, 2.24) is 5.32 Å². The third kappa shape index (κ3) is 6.26. The molecule has 1 aliphatic rings. The molecule has 0 bridgehead atoms. The van der Waals surface area contributed by atoms with Gasteiger partial charge in [-0.3, -0.25) is 0 Å². The molecule has 1 amide bonds. The zero-order valence-electron chi connectivity index (χ0n) is 13.2. The SMILES string of the molecule is CCOC(=O)[C@H](CCC1(C)CC1)NC(=O)OC(C)(C)C. The predicted molar refractivity (Wildman–Crippen MR) is 76.4 cm³/mol. The first-order chi connectivity index (χ1) is 9.15. The molecule has 20 heavy (non-hydrogen) atoms. The molecule has 0 aliphatic heterocycles. The molecule has 0 aromatic rings. The summed E-state index contributed by atoms with van der Waals surface area (Å²) in [4.78, 5) is 23.7. The van der Waals surface area contributed by atoms with Crippen molar-refractivity contribution in [3.63, 3.8) is 0 Å². The average Bonchev–Trinajstić information content (AvgIpc) is 3.01. The largest absolute Gasteiger partial charge is 0.464 e. The summed E-state index contributed by atoms with van der Waals surface area (Å²) in [7, 11) is 0. The Hall–Kier alpha value is -1.26. The number of carbonyl (C=O) groups excluding carboxylic acids is 2. The molecule has 1 aliphatic carbocycles. The highest BCUT2D eigenvalue weighted by molar-refractivity contribution is 5.81. The maximum Gasteiger partial charge on any atom is 0.408 e. The third-order valence-corrected chi connectivity index (χ3v) is 3.40. The van der Waals surface area contributed by atoms with Gasteiger partial charge in [0.1, 0.15) is 11.6 Å². The number of rotatable bonds is 6. The molecule has 116 valence electrons. The van der Waals surface area contributed by atoms with Crippen LogP contribution < -0.4 is 5.32 Å². The van der Waals surface area contributed by atoms with Crippen LogP contribution in [-0.4, -0.2) is 30.3 Å². The van der Waals surface area contributed by atoms with Crippen molar-refractivity contribution in [2.24, 2.45) is 5.41 Å². The van der Waals surface area contributed by atoms with Gasteiger partial charge in [-0.1, -0.05) is 6.92 Å². The second-order valence-electron chi connectivity index (χ2n) is 6.80. The van der Waals surface area contributed by atoms with Gasteiger partial charge in [0.25, 0.3) is 0 Å². The molecule has 0 heterocycles. The number of nitrogens with one attached hydrogen (secondary N) is 1. The Bertz CT molecular complexity index is 355. The van der Waals surface area contributed by atoms with Gasteiger partial charge in [0.15, 0.2) is 0 Å². The lowest BCUT2D eigenvalue weighted by Crippen LogP contribution is -2.44. The van der Waals surface area contributed by atoms with E-state index in [1.54, 1.807) is 27.7 Å². The van der Waals surface area contributed by atoms with Crippen molar-refractivity contribution >= 4 is 12.1 Å². The van der Waals surface area contributed by atoms with E-state index in [4.69, 9.17) is 9.47 Å². The van der Waals surface area contributed by atoms with Gasteiger partial charge in [-0.15, -0.1) is 0 Å². The molecule has 5 nitrogen and oxygen atoms in total. The fourth-order valence-electron chi connectivity index (χ4n) is 1.90. The van der Waals surface area contributed by atoms with Crippen molar-refractivity contribution in [3.05, 3.63) is 0 Å². The normalized spacial score (nSPS) is 18.1. The van der Waals surface area contributed by atoms with Gasteiger partial charge in [0.05, 0.1) is 6.61 Å². The Labute approximate surface area is 121 Å². The van der Waals surface area contributed by atoms with Gasteiger partial charge in [0.2, 0.25) is 0 Å². The van der Waals surface area contributed by atoms with Gasteiger partial charge < -0.3 is 14.8 Å². The second kappa shape index (κ2) is 6.46. The highest BCUT2D eigenvalue weighted by Gasteiger charge is 2.38. The predicted octanol–water partition coefficient (Wildman–Crippen LogP) is 3.02. The summed E-state index contributed by atoms with van der Waals surface area (Å²) in [6.45, 7) is 9.63. The fraction of sp³-hybridized carbons (Fsp3) is 0.867. The Kier molecular flexibility index (Phi) is 5.42. The van der Waals surface area contributed by atoms with Crippen molar-refractivity contribution in [2.75, 3.05) is 6.61 Å². The minimum absolute atomic E-state index is 0.308. The first kappa shape index (κ1) is 16.8. The standard InChI is InChI=1S/C15H27NO4/c1-6-19-12(17)11(7-8-15(5)9-10-15)16-13(18)20-14(2,3)4/h11H,6-10H2,1-5H3,(H,16,18)/t11-/m0/s1. The Morgan fingerprint density at radius 1 is 1.30 bits per heavy atom. The molecule has 1 rings (SSSR count). The Morgan fingerprint density at radius 2 is 1.90 bits per heavy atom. The maximum absolute atomic E-state index is 11.9. The van der Waals surface area contributed by atoms with Crippen LogP contribution in [0.5, 0.6) is 0 Å². The van der Waals surface area contributed by atoms with E-state index in [1.165, 1.54) is 12.8 Å². The quantitative estimate of drug-likeness (QED) is 0.762. The summed E-state index contributed by atoms with van der Waals surface area (Å²) in [5.74, 6) is -0.386. The fourth-order valence-corrected chi connectivity index (χ4v) is 1.90. The molecular formula is C15H27NO4. The van der Waals surface area contributed by atoms with Crippen LogP contribution in [-0.2, 0) is 14.3 Å². The highest BCUT2D eigenvalue weighted by atomic mass is 16.6. The van der Waals surface area contributed by atoms with E-state index in [-0.39, 0.29) is 5.97 Å². The Balaban J connectivity index is 2.52. The van der Waals surface area contributed by atoms with Crippen LogP contribution in [0.4, 0.5) is 4.79 Å². The third-order valence-electron chi connectivity index (χ3n) is 3.40. The van der Waals surface area contributed by atoms with E-state index in [0.717, 1.165) is 6.42 Å². The van der Waals surface area contributed by atoms with Crippen molar-refractivity contribution in [3.8, 4) is 0 Å². The summed E-state index contributed by atoms with van der Waals surface area (Å²) in [5.41, 5.74) is -0.244. The number of carbonyl (C=O) groups is 2.